The number of carbonyl (C=O) groups is 1. The number of amides is 1. The maximum atomic E-state index is 12.0. The maximum absolute atomic E-state index is 12.0. The Morgan fingerprint density at radius 3 is 2.57 bits per heavy atom. The number of nitrogens with one attached hydrogen (secondary N) is 2. The Kier molecular flexibility index (Phi) is 6.35. The molecule has 116 valence electrons. The molecule has 0 aromatic heterocycles. The number of sulfonamides is 1. The van der Waals surface area contributed by atoms with Crippen LogP contribution in [0.5, 0.6) is 5.75 Å². The Balaban J connectivity index is 2.75. The number of hydrogen-bond acceptors (Lipinski definition) is 5. The van der Waals surface area contributed by atoms with Gasteiger partial charge in [-0.15, -0.1) is 6.58 Å². The molecule has 1 amide bonds. The summed E-state index contributed by atoms with van der Waals surface area (Å²) in [7, 11) is -3.85. The average Bonchev–Trinajstić information content (AvgIpc) is 2.46. The summed E-state index contributed by atoms with van der Waals surface area (Å²) in [4.78, 5) is 11.1. The highest BCUT2D eigenvalue weighted by Gasteiger charge is 2.21. The van der Waals surface area contributed by atoms with Crippen LogP contribution < -0.4 is 14.9 Å². The van der Waals surface area contributed by atoms with Gasteiger partial charge < -0.3 is 4.74 Å². The molecule has 0 aliphatic rings. The summed E-state index contributed by atoms with van der Waals surface area (Å²) in [5.74, 6) is -0.306. The molecule has 7 nitrogen and oxygen atoms in total. The van der Waals surface area contributed by atoms with E-state index in [9.17, 15) is 13.2 Å². The molecule has 8 heteroatoms. The normalized spacial score (nSPS) is 12.5. The Morgan fingerprint density at radius 1 is 1.43 bits per heavy atom. The Hall–Kier alpha value is -1.90. The molecule has 1 unspecified atom stereocenters. The lowest BCUT2D eigenvalue weighted by Crippen LogP contribution is -2.43. The predicted molar refractivity (Wildman–Crippen MR) is 76.5 cm³/mol. The van der Waals surface area contributed by atoms with Crippen molar-refractivity contribution in [3.05, 3.63) is 36.9 Å². The Bertz CT molecular complexity index is 583. The van der Waals surface area contributed by atoms with Gasteiger partial charge in [0.25, 0.3) is 5.91 Å². The highest BCUT2D eigenvalue weighted by Crippen LogP contribution is 2.16. The van der Waals surface area contributed by atoms with Crippen LogP contribution in [0.4, 0.5) is 0 Å². The fourth-order valence-corrected chi connectivity index (χ4v) is 2.63. The first-order valence-electron chi connectivity index (χ1n) is 6.20. The van der Waals surface area contributed by atoms with Gasteiger partial charge in [0.1, 0.15) is 11.8 Å². The van der Waals surface area contributed by atoms with Crippen molar-refractivity contribution in [2.75, 3.05) is 6.61 Å². The second kappa shape index (κ2) is 7.77. The van der Waals surface area contributed by atoms with Gasteiger partial charge in [-0.3, -0.25) is 10.0 Å². The summed E-state index contributed by atoms with van der Waals surface area (Å²) < 4.78 is 31.5. The van der Waals surface area contributed by atoms with E-state index in [1.54, 1.807) is 6.08 Å². The van der Waals surface area contributed by atoms with Gasteiger partial charge in [-0.1, -0.05) is 6.08 Å². The van der Waals surface area contributed by atoms with Crippen molar-refractivity contribution in [1.29, 1.82) is 0 Å². The van der Waals surface area contributed by atoms with E-state index < -0.39 is 22.0 Å². The van der Waals surface area contributed by atoms with E-state index in [1.165, 1.54) is 36.7 Å². The molecule has 0 saturated heterocycles. The van der Waals surface area contributed by atoms with E-state index in [4.69, 9.17) is 9.94 Å². The first-order valence-corrected chi connectivity index (χ1v) is 7.69. The summed E-state index contributed by atoms with van der Waals surface area (Å²) >= 11 is 0. The van der Waals surface area contributed by atoms with Crippen LogP contribution in [-0.2, 0) is 14.8 Å². The summed E-state index contributed by atoms with van der Waals surface area (Å²) in [6.07, 6.45) is 2.41. The molecule has 0 aliphatic heterocycles. The zero-order valence-corrected chi connectivity index (χ0v) is 12.4. The monoisotopic (exact) mass is 314 g/mol. The molecule has 1 aromatic carbocycles. The standard InChI is InChI=1S/C13H18N2O5S/c1-3-4-9-20-11-5-7-12(8-6-11)21(18,19)15-10(2)13(16)14-17/h3,5-8,10,15,17H,1,4,9H2,2H3,(H,14,16). The number of rotatable bonds is 8. The molecule has 21 heavy (non-hydrogen) atoms. The zero-order chi connectivity index (χ0) is 15.9. The molecule has 0 heterocycles. The third-order valence-corrected chi connectivity index (χ3v) is 4.12. The van der Waals surface area contributed by atoms with Gasteiger partial charge in [-0.05, 0) is 37.6 Å². The molecular formula is C13H18N2O5S. The maximum Gasteiger partial charge on any atom is 0.261 e. The number of carbonyl (C=O) groups excluding carboxylic acids is 1. The van der Waals surface area contributed by atoms with E-state index in [1.807, 2.05) is 0 Å². The van der Waals surface area contributed by atoms with Gasteiger partial charge in [-0.2, -0.15) is 4.72 Å². The van der Waals surface area contributed by atoms with Gasteiger partial charge in [0, 0.05) is 0 Å². The van der Waals surface area contributed by atoms with Crippen molar-refractivity contribution in [2.45, 2.75) is 24.3 Å². The van der Waals surface area contributed by atoms with Crippen molar-refractivity contribution >= 4 is 15.9 Å². The van der Waals surface area contributed by atoms with Gasteiger partial charge in [0.05, 0.1) is 11.5 Å². The minimum absolute atomic E-state index is 0.00356. The van der Waals surface area contributed by atoms with Crippen LogP contribution in [0.25, 0.3) is 0 Å². The van der Waals surface area contributed by atoms with Crippen molar-refractivity contribution in [3.63, 3.8) is 0 Å². The molecule has 0 radical (unpaired) electrons. The number of hydrogen-bond donors (Lipinski definition) is 3. The summed E-state index contributed by atoms with van der Waals surface area (Å²) in [5.41, 5.74) is 1.38. The SMILES string of the molecule is C=CCCOc1ccc(S(=O)(=O)NC(C)C(=O)NO)cc1. The van der Waals surface area contributed by atoms with Crippen LogP contribution in [-0.4, -0.2) is 32.2 Å². The fraction of sp³-hybridized carbons (Fsp3) is 0.308. The minimum atomic E-state index is -3.85. The van der Waals surface area contributed by atoms with E-state index in [0.29, 0.717) is 18.8 Å². The largest absolute Gasteiger partial charge is 0.493 e. The van der Waals surface area contributed by atoms with E-state index in [0.717, 1.165) is 0 Å². The third-order valence-electron chi connectivity index (χ3n) is 2.56. The summed E-state index contributed by atoms with van der Waals surface area (Å²) in [5, 5.41) is 8.45. The number of ether oxygens (including phenoxy) is 1. The molecule has 1 atom stereocenters. The van der Waals surface area contributed by atoms with Crippen LogP contribution in [0, 0.1) is 0 Å². The van der Waals surface area contributed by atoms with Gasteiger partial charge in [0.2, 0.25) is 10.0 Å². The first-order chi connectivity index (χ1) is 9.90. The molecule has 0 aliphatic carbocycles. The lowest BCUT2D eigenvalue weighted by molar-refractivity contribution is -0.130. The Morgan fingerprint density at radius 2 is 2.05 bits per heavy atom. The number of benzene rings is 1. The smallest absolute Gasteiger partial charge is 0.261 e. The fourth-order valence-electron chi connectivity index (χ4n) is 1.43. The highest BCUT2D eigenvalue weighted by atomic mass is 32.2. The number of hydroxylamine groups is 1. The van der Waals surface area contributed by atoms with Crippen molar-refractivity contribution in [1.82, 2.24) is 10.2 Å². The van der Waals surface area contributed by atoms with Gasteiger partial charge in [-0.25, -0.2) is 13.9 Å². The molecule has 3 N–H and O–H groups in total. The van der Waals surface area contributed by atoms with Crippen LogP contribution in [0.3, 0.4) is 0 Å². The predicted octanol–water partition coefficient (Wildman–Crippen LogP) is 0.814. The second-order valence-corrected chi connectivity index (χ2v) is 5.93. The summed E-state index contributed by atoms with van der Waals surface area (Å²) in [6.45, 7) is 5.34. The molecule has 0 saturated carbocycles. The molecular weight excluding hydrogens is 296 g/mol. The summed E-state index contributed by atoms with van der Waals surface area (Å²) in [6, 6.07) is 4.69. The van der Waals surface area contributed by atoms with E-state index in [-0.39, 0.29) is 4.90 Å². The molecule has 1 aromatic rings. The minimum Gasteiger partial charge on any atom is -0.493 e. The van der Waals surface area contributed by atoms with Crippen molar-refractivity contribution in [2.24, 2.45) is 0 Å². The van der Waals surface area contributed by atoms with Crippen molar-refractivity contribution < 1.29 is 23.2 Å². The second-order valence-electron chi connectivity index (χ2n) is 4.22. The van der Waals surface area contributed by atoms with Crippen LogP contribution in [0.15, 0.2) is 41.8 Å². The Labute approximate surface area is 123 Å². The molecule has 0 bridgehead atoms. The molecule has 1 rings (SSSR count). The average molecular weight is 314 g/mol. The lowest BCUT2D eigenvalue weighted by atomic mass is 10.3. The quantitative estimate of drug-likeness (QED) is 0.285. The highest BCUT2D eigenvalue weighted by molar-refractivity contribution is 7.89. The first kappa shape index (κ1) is 17.2. The molecule has 0 spiro atoms. The van der Waals surface area contributed by atoms with Crippen LogP contribution >= 0.6 is 0 Å². The van der Waals surface area contributed by atoms with Crippen molar-refractivity contribution in [3.8, 4) is 5.75 Å². The van der Waals surface area contributed by atoms with E-state index in [2.05, 4.69) is 11.3 Å². The van der Waals surface area contributed by atoms with Gasteiger partial charge in [0.15, 0.2) is 0 Å². The lowest BCUT2D eigenvalue weighted by Gasteiger charge is -2.12. The topological polar surface area (TPSA) is 105 Å². The third kappa shape index (κ3) is 5.18. The van der Waals surface area contributed by atoms with Crippen LogP contribution in [0.1, 0.15) is 13.3 Å². The molecule has 0 fully saturated rings. The van der Waals surface area contributed by atoms with Gasteiger partial charge >= 0.3 is 0 Å². The van der Waals surface area contributed by atoms with Crippen LogP contribution in [0.2, 0.25) is 0 Å². The van der Waals surface area contributed by atoms with E-state index >= 15 is 0 Å². The zero-order valence-electron chi connectivity index (χ0n) is 11.6.